The molecule has 12 aromatic carbocycles. The zero-order valence-corrected chi connectivity index (χ0v) is 75.8. The van der Waals surface area contributed by atoms with Gasteiger partial charge in [0.2, 0.25) is 0 Å². The molecule has 0 bridgehead atoms. The first-order valence-electron chi connectivity index (χ1n) is 36.4. The Morgan fingerprint density at radius 2 is 0.500 bits per heavy atom. The van der Waals surface area contributed by atoms with Crippen molar-refractivity contribution in [2.45, 2.75) is 37.6 Å². The first kappa shape index (κ1) is 91.2. The van der Waals surface area contributed by atoms with Gasteiger partial charge in [0.05, 0.1) is 45.0 Å². The van der Waals surface area contributed by atoms with Gasteiger partial charge < -0.3 is 0 Å². The van der Waals surface area contributed by atoms with Gasteiger partial charge in [0.25, 0.3) is 5.92 Å². The van der Waals surface area contributed by atoms with Gasteiger partial charge in [0, 0.05) is 159 Å². The van der Waals surface area contributed by atoms with Gasteiger partial charge in [0.15, 0.2) is 0 Å². The van der Waals surface area contributed by atoms with Crippen molar-refractivity contribution in [3.8, 4) is 87.3 Å². The minimum absolute atomic E-state index is 0. The van der Waals surface area contributed by atoms with Crippen LogP contribution in [0.5, 0.6) is 0 Å². The van der Waals surface area contributed by atoms with E-state index in [2.05, 4.69) is 71.1 Å². The summed E-state index contributed by atoms with van der Waals surface area (Å²) in [7, 11) is 0. The van der Waals surface area contributed by atoms with Crippen molar-refractivity contribution in [3.05, 3.63) is 334 Å². The van der Waals surface area contributed by atoms with Crippen LogP contribution in [0.25, 0.3) is 173 Å². The van der Waals surface area contributed by atoms with Gasteiger partial charge in [-0.15, -0.1) is 21.5 Å². The Kier molecular flexibility index (Phi) is 27.4. The maximum Gasteiger partial charge on any atom is 0.417 e. The van der Waals surface area contributed by atoms with Gasteiger partial charge in [-0.2, -0.15) is 122 Å². The third-order valence-electron chi connectivity index (χ3n) is 19.8. The van der Waals surface area contributed by atoms with E-state index in [-0.39, 0.29) is 108 Å². The molecule has 0 aliphatic heterocycles. The molecular weight excluding hydrogens is 2400 g/mol. The molecule has 0 fully saturated rings. The van der Waals surface area contributed by atoms with E-state index in [0.717, 1.165) is 117 Å². The van der Waals surface area contributed by atoms with Crippen LogP contribution in [0.15, 0.2) is 282 Å². The summed E-state index contributed by atoms with van der Waals surface area (Å²) < 4.78 is 191. The SMILES string of the molecule is CC(F)(F)c1ccccc1-c1nnc(-c2[c-]ccs2)c2cc3ccccc3cc12.FC(F)(F)c1cccc(-c2nnc(-c3[c-]ccs3)c3cc4ccccc4cc23)c1.FC(F)(F)c1cccc(-c2nnc(-c3[c-]ccs3)c3cc4ccccc4cc23)c1C(F)(F)F.FC(F)(F)c1ccccc1-c1nnc(-c2[c-]ccs2)c2cc3ccccc3cc12.[Ir].[Ir].[Ir].[Ir]. The van der Waals surface area contributed by atoms with Crippen molar-refractivity contribution in [2.24, 2.45) is 0 Å². The first-order valence-corrected chi connectivity index (χ1v) is 39.9. The summed E-state index contributed by atoms with van der Waals surface area (Å²) in [4.78, 5) is 3.13. The number of benzene rings is 12. The van der Waals surface area contributed by atoms with Crippen LogP contribution >= 0.6 is 45.3 Å². The smallest absolute Gasteiger partial charge is 0.237 e. The van der Waals surface area contributed by atoms with E-state index in [1.54, 1.807) is 72.1 Å². The van der Waals surface area contributed by atoms with E-state index in [1.165, 1.54) is 69.6 Å². The average Bonchev–Trinajstić information content (AvgIpc) is 1.15. The summed E-state index contributed by atoms with van der Waals surface area (Å²) in [6.45, 7) is 0.909. The van der Waals surface area contributed by atoms with E-state index in [4.69, 9.17) is 0 Å². The predicted octanol–water partition coefficient (Wildman–Crippen LogP) is 29.1. The Morgan fingerprint density at radius 3 is 0.806 bits per heavy atom. The van der Waals surface area contributed by atoms with Gasteiger partial charge in [-0.3, -0.25) is 0 Å². The molecule has 0 atom stereocenters. The van der Waals surface area contributed by atoms with Crippen LogP contribution in [0.2, 0.25) is 0 Å². The molecule has 20 rings (SSSR count). The van der Waals surface area contributed by atoms with Crippen LogP contribution in [0.4, 0.5) is 61.5 Å². The second kappa shape index (κ2) is 37.3. The van der Waals surface area contributed by atoms with Crippen LogP contribution in [0, 0.1) is 24.3 Å². The van der Waals surface area contributed by atoms with Crippen LogP contribution in [0.1, 0.15) is 34.7 Å². The largest absolute Gasteiger partial charge is 0.417 e. The Bertz CT molecular complexity index is 7050. The third kappa shape index (κ3) is 18.7. The molecule has 20 aromatic rings. The minimum Gasteiger partial charge on any atom is -0.237 e. The Balaban J connectivity index is 0.000000141. The molecule has 8 heterocycles. The Labute approximate surface area is 766 Å². The number of hydrogen-bond acceptors (Lipinski definition) is 12. The quantitative estimate of drug-likeness (QED) is 0.0800. The number of thiophene rings is 4. The third-order valence-corrected chi connectivity index (χ3v) is 23.1. The van der Waals surface area contributed by atoms with Gasteiger partial charge in [-0.1, -0.05) is 208 Å². The van der Waals surface area contributed by atoms with E-state index in [9.17, 15) is 61.5 Å². The molecule has 4 radical (unpaired) electrons. The second-order valence-corrected chi connectivity index (χ2v) is 31.1. The van der Waals surface area contributed by atoms with Gasteiger partial charge in [-0.25, -0.2) is 74.5 Å². The van der Waals surface area contributed by atoms with Crippen LogP contribution < -0.4 is 0 Å². The zero-order valence-electron chi connectivity index (χ0n) is 63.0. The molecule has 0 spiro atoms. The number of rotatable bonds is 9. The van der Waals surface area contributed by atoms with E-state index in [0.29, 0.717) is 72.4 Å². The molecule has 0 N–H and O–H groups in total. The van der Waals surface area contributed by atoms with Crippen LogP contribution in [-0.2, 0) is 111 Å². The standard InChI is InChI=1S/C24H11F6N2S.C24H15F2N2S.2C23H12F3N2S.4Ir/c25-23(26,27)18-8-3-7-15(20(18)24(28,29)30)21-16-11-13-5-1-2-6-14(13)12-17(16)22(32-31-21)19-9-4-10-33-19;1-24(25,26)20-10-5-4-9-17(20)22-18-13-15-7-2-3-8-16(15)14-19(18)23(28-27-22)21-11-6-12-29-21;24-23(25,26)17-8-3-7-16(11-17)21-18-12-14-5-1-2-6-15(14)13-19(18)22(28-27-21)20-9-4-10-29-20;24-23(25,26)19-9-4-3-8-16(19)21-17-12-14-6-1-2-7-15(14)13-18(17)22(28-27-21)20-10-5-11-29-20;;;;/h1-8,10-12H;2-10,12-14H,1H3;1-8,10-13H;1-9,11-13H;;;;/q4*-1;;;;. The van der Waals surface area contributed by atoms with Gasteiger partial charge in [0.1, 0.15) is 0 Å². The minimum atomic E-state index is -5.26. The molecule has 628 valence electrons. The summed E-state index contributed by atoms with van der Waals surface area (Å²) in [6, 6.07) is 85.2. The van der Waals surface area contributed by atoms with Crippen molar-refractivity contribution in [1.29, 1.82) is 0 Å². The fraction of sp³-hybridized carbons (Fsp3) is 0.0638. The molecule has 0 amide bonds. The normalized spacial score (nSPS) is 11.7. The maximum atomic E-state index is 14.3. The van der Waals surface area contributed by atoms with Gasteiger partial charge in [-0.05, 0) is 113 Å². The van der Waals surface area contributed by atoms with Gasteiger partial charge >= 0.3 is 24.7 Å². The molecular formula is C94H50F14Ir4N8S4-4. The molecule has 0 unspecified atom stereocenters. The molecule has 0 aliphatic rings. The topological polar surface area (TPSA) is 103 Å². The Morgan fingerprint density at radius 1 is 0.242 bits per heavy atom. The molecule has 0 saturated heterocycles. The maximum absolute atomic E-state index is 14.3. The summed E-state index contributed by atoms with van der Waals surface area (Å²) in [5.74, 6) is -2.98. The fourth-order valence-corrected chi connectivity index (χ4v) is 17.1. The summed E-state index contributed by atoms with van der Waals surface area (Å²) in [5, 5.41) is 54.7. The molecule has 8 nitrogen and oxygen atoms in total. The second-order valence-electron chi connectivity index (χ2n) is 27.4. The number of aromatic nitrogens is 8. The van der Waals surface area contributed by atoms with E-state index in [1.807, 2.05) is 144 Å². The van der Waals surface area contributed by atoms with Crippen molar-refractivity contribution >= 4 is 132 Å². The average molecular weight is 2450 g/mol. The number of alkyl halides is 14. The predicted molar refractivity (Wildman–Crippen MR) is 448 cm³/mol. The van der Waals surface area contributed by atoms with E-state index >= 15 is 0 Å². The molecule has 0 saturated carbocycles. The van der Waals surface area contributed by atoms with Crippen LogP contribution in [-0.4, -0.2) is 40.8 Å². The fourth-order valence-electron chi connectivity index (χ4n) is 14.5. The molecule has 8 aromatic heterocycles. The van der Waals surface area contributed by atoms with Crippen molar-refractivity contribution in [3.63, 3.8) is 0 Å². The van der Waals surface area contributed by atoms with E-state index < -0.39 is 58.4 Å². The van der Waals surface area contributed by atoms with Crippen molar-refractivity contribution in [2.75, 3.05) is 0 Å². The summed E-state index contributed by atoms with van der Waals surface area (Å²) in [6.07, 6.45) is -19.4. The summed E-state index contributed by atoms with van der Waals surface area (Å²) in [5.41, 5.74) is -1.65. The Hall–Kier alpha value is -10.5. The molecule has 124 heavy (non-hydrogen) atoms. The number of halogens is 14. The zero-order chi connectivity index (χ0) is 83.4. The number of hydrogen-bond donors (Lipinski definition) is 0. The summed E-state index contributed by atoms with van der Waals surface area (Å²) >= 11 is 5.82. The monoisotopic (exact) mass is 2460 g/mol. The molecule has 30 heteroatoms. The van der Waals surface area contributed by atoms with Crippen molar-refractivity contribution < 1.29 is 142 Å². The van der Waals surface area contributed by atoms with Crippen molar-refractivity contribution in [1.82, 2.24) is 40.8 Å². The van der Waals surface area contributed by atoms with Crippen LogP contribution in [0.3, 0.4) is 0 Å². The molecule has 0 aliphatic carbocycles. The first-order chi connectivity index (χ1) is 57.7. The number of nitrogens with zero attached hydrogens (tertiary/aromatic N) is 8. The number of fused-ring (bicyclic) bond motifs is 8.